The van der Waals surface area contributed by atoms with Crippen LogP contribution in [0.5, 0.6) is 0 Å². The van der Waals surface area contributed by atoms with E-state index in [2.05, 4.69) is 36.3 Å². The first-order chi connectivity index (χ1) is 15.6. The number of anilines is 1. The zero-order valence-electron chi connectivity index (χ0n) is 19.4. The maximum absolute atomic E-state index is 12.9. The summed E-state index contributed by atoms with van der Waals surface area (Å²) in [6.07, 6.45) is 0. The number of carbonyl (C=O) groups is 3. The lowest BCUT2D eigenvalue weighted by Gasteiger charge is -2.34. The number of carbonyl (C=O) groups excluding carboxylic acids is 3. The van der Waals surface area contributed by atoms with Crippen molar-refractivity contribution in [3.63, 3.8) is 0 Å². The fourth-order valence-corrected chi connectivity index (χ4v) is 3.60. The van der Waals surface area contributed by atoms with E-state index in [0.29, 0.717) is 50.5 Å². The van der Waals surface area contributed by atoms with Gasteiger partial charge in [0.1, 0.15) is 5.82 Å². The predicted molar refractivity (Wildman–Crippen MR) is 126 cm³/mol. The van der Waals surface area contributed by atoms with Gasteiger partial charge in [0.2, 0.25) is 0 Å². The van der Waals surface area contributed by atoms with E-state index in [1.165, 1.54) is 29.8 Å². The predicted octanol–water partition coefficient (Wildman–Crippen LogP) is 2.64. The third-order valence-electron chi connectivity index (χ3n) is 5.68. The van der Waals surface area contributed by atoms with Crippen molar-refractivity contribution in [2.75, 3.05) is 44.6 Å². The van der Waals surface area contributed by atoms with Gasteiger partial charge in [-0.05, 0) is 47.4 Å². The van der Waals surface area contributed by atoms with Gasteiger partial charge < -0.3 is 15.5 Å². The lowest BCUT2D eigenvalue weighted by Crippen LogP contribution is -2.50. The Kier molecular flexibility index (Phi) is 7.81. The Labute approximate surface area is 193 Å². The zero-order valence-corrected chi connectivity index (χ0v) is 19.4. The van der Waals surface area contributed by atoms with Gasteiger partial charge in [0, 0.05) is 50.5 Å². The van der Waals surface area contributed by atoms with Crippen LogP contribution in [-0.4, -0.2) is 66.8 Å². The molecular formula is C25H31FN4O3. The number of hydrogen-bond acceptors (Lipinski definition) is 4. The SMILES string of the molecule is CC(C)(C)c1ccc(C(=O)N2CCN(CCNC(=O)C(=O)Nc3ccc(F)cc3)CC2)cc1. The number of piperazine rings is 1. The average Bonchev–Trinajstić information content (AvgIpc) is 2.80. The second-order valence-corrected chi connectivity index (χ2v) is 9.18. The molecule has 7 nitrogen and oxygen atoms in total. The lowest BCUT2D eigenvalue weighted by atomic mass is 9.86. The van der Waals surface area contributed by atoms with Crippen molar-refractivity contribution in [2.45, 2.75) is 26.2 Å². The molecule has 1 saturated heterocycles. The Morgan fingerprint density at radius 1 is 0.879 bits per heavy atom. The van der Waals surface area contributed by atoms with E-state index in [-0.39, 0.29) is 11.3 Å². The van der Waals surface area contributed by atoms with Crippen molar-refractivity contribution in [3.8, 4) is 0 Å². The first kappa shape index (κ1) is 24.4. The van der Waals surface area contributed by atoms with Gasteiger partial charge in [-0.1, -0.05) is 32.9 Å². The van der Waals surface area contributed by atoms with Gasteiger partial charge in [-0.3, -0.25) is 19.3 Å². The minimum atomic E-state index is -0.797. The third-order valence-corrected chi connectivity index (χ3v) is 5.68. The van der Waals surface area contributed by atoms with Crippen LogP contribution < -0.4 is 10.6 Å². The summed E-state index contributed by atoms with van der Waals surface area (Å²) in [6, 6.07) is 13.0. The molecule has 0 radical (unpaired) electrons. The van der Waals surface area contributed by atoms with Crippen molar-refractivity contribution in [3.05, 3.63) is 65.5 Å². The lowest BCUT2D eigenvalue weighted by molar-refractivity contribution is -0.136. The fraction of sp³-hybridized carbons (Fsp3) is 0.400. The molecule has 2 aromatic carbocycles. The number of benzene rings is 2. The highest BCUT2D eigenvalue weighted by molar-refractivity contribution is 6.39. The summed E-state index contributed by atoms with van der Waals surface area (Å²) >= 11 is 0. The standard InChI is InChI=1S/C25H31FN4O3/c1-25(2,3)19-6-4-18(5-7-19)24(33)30-16-14-29(15-17-30)13-12-27-22(31)23(32)28-21-10-8-20(26)9-11-21/h4-11H,12-17H2,1-3H3,(H,27,31)(H,28,32). The molecule has 0 unspecified atom stereocenters. The highest BCUT2D eigenvalue weighted by Crippen LogP contribution is 2.22. The minimum absolute atomic E-state index is 0.0286. The average molecular weight is 455 g/mol. The summed E-state index contributed by atoms with van der Waals surface area (Å²) in [7, 11) is 0. The van der Waals surface area contributed by atoms with Crippen LogP contribution in [0.4, 0.5) is 10.1 Å². The van der Waals surface area contributed by atoms with Gasteiger partial charge in [0.25, 0.3) is 5.91 Å². The summed E-state index contributed by atoms with van der Waals surface area (Å²) < 4.78 is 12.9. The molecule has 0 saturated carbocycles. The van der Waals surface area contributed by atoms with Crippen molar-refractivity contribution in [1.82, 2.24) is 15.1 Å². The van der Waals surface area contributed by atoms with Crippen molar-refractivity contribution in [1.29, 1.82) is 0 Å². The Bertz CT molecular complexity index is 976. The summed E-state index contributed by atoms with van der Waals surface area (Å²) in [6.45, 7) is 9.94. The molecule has 0 aliphatic carbocycles. The number of nitrogens with one attached hydrogen (secondary N) is 2. The van der Waals surface area contributed by atoms with E-state index in [1.54, 1.807) is 0 Å². The van der Waals surface area contributed by atoms with Gasteiger partial charge in [-0.2, -0.15) is 0 Å². The first-order valence-electron chi connectivity index (χ1n) is 11.1. The molecule has 33 heavy (non-hydrogen) atoms. The molecule has 1 fully saturated rings. The second-order valence-electron chi connectivity index (χ2n) is 9.18. The number of amides is 3. The van der Waals surface area contributed by atoms with Crippen molar-refractivity contribution in [2.24, 2.45) is 0 Å². The number of hydrogen-bond donors (Lipinski definition) is 2. The maximum Gasteiger partial charge on any atom is 0.313 e. The fourth-order valence-electron chi connectivity index (χ4n) is 3.60. The second kappa shape index (κ2) is 10.6. The van der Waals surface area contributed by atoms with E-state index in [1.807, 2.05) is 29.2 Å². The molecule has 176 valence electrons. The molecule has 0 spiro atoms. The summed E-state index contributed by atoms with van der Waals surface area (Å²) in [5.74, 6) is -1.93. The van der Waals surface area contributed by atoms with Crippen LogP contribution >= 0.6 is 0 Å². The minimum Gasteiger partial charge on any atom is -0.347 e. The molecular weight excluding hydrogens is 423 g/mol. The topological polar surface area (TPSA) is 81.8 Å². The monoisotopic (exact) mass is 454 g/mol. The molecule has 1 aliphatic rings. The van der Waals surface area contributed by atoms with Gasteiger partial charge >= 0.3 is 11.8 Å². The highest BCUT2D eigenvalue weighted by atomic mass is 19.1. The third kappa shape index (κ3) is 6.86. The molecule has 3 amide bonds. The van der Waals surface area contributed by atoms with Crippen LogP contribution in [0.1, 0.15) is 36.7 Å². The Morgan fingerprint density at radius 3 is 2.06 bits per heavy atom. The van der Waals surface area contributed by atoms with Crippen LogP contribution in [0, 0.1) is 5.82 Å². The molecule has 1 aliphatic heterocycles. The van der Waals surface area contributed by atoms with E-state index in [9.17, 15) is 18.8 Å². The van der Waals surface area contributed by atoms with Gasteiger partial charge in [-0.15, -0.1) is 0 Å². The first-order valence-corrected chi connectivity index (χ1v) is 11.1. The molecule has 2 N–H and O–H groups in total. The Hall–Kier alpha value is -3.26. The van der Waals surface area contributed by atoms with Crippen LogP contribution in [0.15, 0.2) is 48.5 Å². The molecule has 1 heterocycles. The van der Waals surface area contributed by atoms with E-state index < -0.39 is 17.6 Å². The molecule has 0 aromatic heterocycles. The summed E-state index contributed by atoms with van der Waals surface area (Å²) in [5.41, 5.74) is 2.28. The van der Waals surface area contributed by atoms with E-state index >= 15 is 0 Å². The normalized spacial score (nSPS) is 14.6. The molecule has 0 bridgehead atoms. The van der Waals surface area contributed by atoms with E-state index in [0.717, 1.165) is 0 Å². The van der Waals surface area contributed by atoms with Crippen molar-refractivity contribution < 1.29 is 18.8 Å². The van der Waals surface area contributed by atoms with Gasteiger partial charge in [0.15, 0.2) is 0 Å². The Morgan fingerprint density at radius 2 is 1.48 bits per heavy atom. The quantitative estimate of drug-likeness (QED) is 0.681. The highest BCUT2D eigenvalue weighted by Gasteiger charge is 2.23. The number of rotatable bonds is 5. The summed E-state index contributed by atoms with van der Waals surface area (Å²) in [5, 5.41) is 5.02. The van der Waals surface area contributed by atoms with E-state index in [4.69, 9.17) is 0 Å². The molecule has 2 aromatic rings. The van der Waals surface area contributed by atoms with Crippen LogP contribution in [-0.2, 0) is 15.0 Å². The molecule has 3 rings (SSSR count). The largest absolute Gasteiger partial charge is 0.347 e. The molecule has 0 atom stereocenters. The maximum atomic E-state index is 12.9. The zero-order chi connectivity index (χ0) is 24.0. The Balaban J connectivity index is 1.38. The van der Waals surface area contributed by atoms with Crippen LogP contribution in [0.2, 0.25) is 0 Å². The van der Waals surface area contributed by atoms with Crippen molar-refractivity contribution >= 4 is 23.4 Å². The van der Waals surface area contributed by atoms with Crippen LogP contribution in [0.25, 0.3) is 0 Å². The number of nitrogens with zero attached hydrogens (tertiary/aromatic N) is 2. The van der Waals surface area contributed by atoms with Gasteiger partial charge in [0.05, 0.1) is 0 Å². The van der Waals surface area contributed by atoms with Gasteiger partial charge in [-0.25, -0.2) is 4.39 Å². The number of halogens is 1. The summed E-state index contributed by atoms with van der Waals surface area (Å²) in [4.78, 5) is 40.7. The molecule has 8 heteroatoms. The smallest absolute Gasteiger partial charge is 0.313 e. The van der Waals surface area contributed by atoms with Crippen LogP contribution in [0.3, 0.4) is 0 Å².